The van der Waals surface area contributed by atoms with Crippen molar-refractivity contribution in [3.63, 3.8) is 0 Å². The molecular formula is C61H56BN3. The van der Waals surface area contributed by atoms with E-state index >= 15 is 0 Å². The molecule has 0 N–H and O–H groups in total. The first-order valence-corrected chi connectivity index (χ1v) is 23.8. The molecule has 1 fully saturated rings. The summed E-state index contributed by atoms with van der Waals surface area (Å²) >= 11 is 0. The van der Waals surface area contributed by atoms with E-state index in [9.17, 15) is 0 Å². The Kier molecular flexibility index (Phi) is 9.11. The van der Waals surface area contributed by atoms with E-state index < -0.39 is 0 Å². The van der Waals surface area contributed by atoms with Gasteiger partial charge in [-0.15, -0.1) is 0 Å². The number of hydrogen-bond donors (Lipinski definition) is 0. The summed E-state index contributed by atoms with van der Waals surface area (Å²) in [4.78, 5) is 7.98. The van der Waals surface area contributed by atoms with Gasteiger partial charge in [-0.1, -0.05) is 180 Å². The minimum atomic E-state index is -0.141. The maximum Gasteiger partial charge on any atom is 0.252 e. The van der Waals surface area contributed by atoms with Crippen LogP contribution < -0.4 is 31.1 Å². The molecule has 3 nitrogen and oxygen atoms in total. The normalized spacial score (nSPS) is 19.5. The van der Waals surface area contributed by atoms with Gasteiger partial charge in [0.1, 0.15) is 0 Å². The zero-order valence-corrected chi connectivity index (χ0v) is 38.4. The number of anilines is 8. The van der Waals surface area contributed by atoms with Crippen LogP contribution in [0.2, 0.25) is 0 Å². The van der Waals surface area contributed by atoms with Crippen LogP contribution in [0.25, 0.3) is 22.3 Å². The lowest BCUT2D eigenvalue weighted by Crippen LogP contribution is -2.61. The van der Waals surface area contributed by atoms with E-state index in [1.165, 1.54) is 115 Å². The second-order valence-corrected chi connectivity index (χ2v) is 20.4. The molecule has 4 heteroatoms. The molecule has 0 spiro atoms. The Labute approximate surface area is 386 Å². The highest BCUT2D eigenvalue weighted by atomic mass is 15.3. The van der Waals surface area contributed by atoms with E-state index in [1.807, 2.05) is 0 Å². The summed E-state index contributed by atoms with van der Waals surface area (Å²) in [5.74, 6) is 0. The van der Waals surface area contributed by atoms with Crippen molar-refractivity contribution in [1.82, 2.24) is 0 Å². The molecule has 2 unspecified atom stereocenters. The second kappa shape index (κ2) is 14.9. The molecule has 318 valence electrons. The van der Waals surface area contributed by atoms with E-state index in [0.717, 1.165) is 12.1 Å². The molecule has 0 aromatic heterocycles. The van der Waals surface area contributed by atoms with E-state index in [1.54, 1.807) is 0 Å². The van der Waals surface area contributed by atoms with E-state index in [4.69, 9.17) is 0 Å². The standard InChI is InChI=1S/C61H56BN3/c1-59(2,3)46-32-34-53-50(39-46)60(4)35-18-9-19-36-61(60,5)65(53)49-40-56-58-57(41-49)64(48-28-20-25-44(37-48)42-21-10-6-11-22-42)55-38-45(43-23-12-7-13-24-43)31-33-52(55)62(58)51-29-16-17-30-54(51)63(56)47-26-14-8-15-27-47/h6-8,10-17,20-34,37-41H,9,18-19,35-36H2,1-5H3. The van der Waals surface area contributed by atoms with Gasteiger partial charge in [-0.25, -0.2) is 0 Å². The lowest BCUT2D eigenvalue weighted by atomic mass is 9.33. The molecule has 0 saturated heterocycles. The molecule has 65 heavy (non-hydrogen) atoms. The number of hydrogen-bond acceptors (Lipinski definition) is 3. The summed E-state index contributed by atoms with van der Waals surface area (Å²) in [5.41, 5.74) is 21.5. The third-order valence-electron chi connectivity index (χ3n) is 15.8. The first-order chi connectivity index (χ1) is 31.6. The largest absolute Gasteiger partial charge is 0.334 e. The Hall–Kier alpha value is -6.78. The molecule has 0 radical (unpaired) electrons. The summed E-state index contributed by atoms with van der Waals surface area (Å²) in [7, 11) is 0. The summed E-state index contributed by atoms with van der Waals surface area (Å²) < 4.78 is 0. The highest BCUT2D eigenvalue weighted by Gasteiger charge is 2.57. The predicted octanol–water partition coefficient (Wildman–Crippen LogP) is 14.5. The SMILES string of the molecule is CC(C)(C)c1ccc2c(c1)C1(C)CCCCCC1(C)N2c1cc2c3c(c1)N(c1cccc(-c4ccccc4)c1)c1cc(-c4ccccc4)ccc1B3c1ccccc1N2c1ccccc1. The van der Waals surface area contributed by atoms with Crippen molar-refractivity contribution in [1.29, 1.82) is 0 Å². The first-order valence-electron chi connectivity index (χ1n) is 23.8. The molecule has 1 aliphatic carbocycles. The van der Waals surface area contributed by atoms with Crippen molar-refractivity contribution >= 4 is 68.6 Å². The summed E-state index contributed by atoms with van der Waals surface area (Å²) in [6.45, 7) is 12.3. The van der Waals surface area contributed by atoms with Crippen molar-refractivity contribution in [3.05, 3.63) is 199 Å². The smallest absolute Gasteiger partial charge is 0.252 e. The van der Waals surface area contributed by atoms with Crippen molar-refractivity contribution in [2.75, 3.05) is 14.7 Å². The molecule has 12 rings (SSSR count). The molecule has 1 saturated carbocycles. The van der Waals surface area contributed by atoms with E-state index in [-0.39, 0.29) is 23.1 Å². The minimum Gasteiger partial charge on any atom is -0.334 e. The summed E-state index contributed by atoms with van der Waals surface area (Å²) in [6, 6.07) is 71.1. The zero-order chi connectivity index (χ0) is 44.1. The van der Waals surface area contributed by atoms with Crippen LogP contribution in [0.3, 0.4) is 0 Å². The van der Waals surface area contributed by atoms with Gasteiger partial charge in [-0.05, 0) is 130 Å². The van der Waals surface area contributed by atoms with Crippen LogP contribution in [0.15, 0.2) is 188 Å². The molecule has 3 aliphatic heterocycles. The van der Waals surface area contributed by atoms with E-state index in [0.29, 0.717) is 0 Å². The monoisotopic (exact) mass is 841 g/mol. The molecule has 4 aliphatic rings. The maximum atomic E-state index is 2.81. The van der Waals surface area contributed by atoms with Gasteiger partial charge in [0, 0.05) is 50.9 Å². The highest BCUT2D eigenvalue weighted by Crippen LogP contribution is 2.61. The molecule has 0 bridgehead atoms. The van der Waals surface area contributed by atoms with Crippen molar-refractivity contribution in [2.24, 2.45) is 0 Å². The molecule has 8 aromatic rings. The quantitative estimate of drug-likeness (QED) is 0.160. The minimum absolute atomic E-state index is 0.0254. The third kappa shape index (κ3) is 6.09. The highest BCUT2D eigenvalue weighted by molar-refractivity contribution is 7.00. The van der Waals surface area contributed by atoms with Gasteiger partial charge < -0.3 is 14.7 Å². The second-order valence-electron chi connectivity index (χ2n) is 20.4. The Morgan fingerprint density at radius 2 is 1.02 bits per heavy atom. The lowest BCUT2D eigenvalue weighted by Gasteiger charge is -2.48. The fourth-order valence-electron chi connectivity index (χ4n) is 12.2. The van der Waals surface area contributed by atoms with E-state index in [2.05, 4.69) is 237 Å². The topological polar surface area (TPSA) is 9.72 Å². The molecule has 2 atom stereocenters. The number of para-hydroxylation sites is 2. The number of rotatable bonds is 5. The molecule has 8 aromatic carbocycles. The molecular weight excluding hydrogens is 786 g/mol. The number of fused-ring (bicyclic) bond motifs is 7. The van der Waals surface area contributed by atoms with Crippen LogP contribution in [-0.2, 0) is 10.8 Å². The predicted molar refractivity (Wildman–Crippen MR) is 277 cm³/mol. The van der Waals surface area contributed by atoms with Gasteiger partial charge in [-0.2, -0.15) is 0 Å². The van der Waals surface area contributed by atoms with Gasteiger partial charge >= 0.3 is 0 Å². The average molecular weight is 842 g/mol. The number of nitrogens with zero attached hydrogens (tertiary/aromatic N) is 3. The van der Waals surface area contributed by atoms with Crippen molar-refractivity contribution in [2.45, 2.75) is 83.1 Å². The number of benzene rings is 8. The fourth-order valence-corrected chi connectivity index (χ4v) is 12.2. The zero-order valence-electron chi connectivity index (χ0n) is 38.4. The van der Waals surface area contributed by atoms with Gasteiger partial charge in [0.25, 0.3) is 6.71 Å². The summed E-state index contributed by atoms with van der Waals surface area (Å²) in [5, 5.41) is 0. The van der Waals surface area contributed by atoms with Crippen LogP contribution in [-0.4, -0.2) is 12.3 Å². The van der Waals surface area contributed by atoms with Crippen LogP contribution in [0, 0.1) is 0 Å². The summed E-state index contributed by atoms with van der Waals surface area (Å²) in [6.07, 6.45) is 6.06. The third-order valence-corrected chi connectivity index (χ3v) is 15.8. The molecule has 3 heterocycles. The van der Waals surface area contributed by atoms with Crippen LogP contribution in [0.1, 0.15) is 77.8 Å². The Morgan fingerprint density at radius 1 is 0.431 bits per heavy atom. The molecule has 0 amide bonds. The Bertz CT molecular complexity index is 3120. The van der Waals surface area contributed by atoms with Crippen molar-refractivity contribution < 1.29 is 0 Å². The van der Waals surface area contributed by atoms with Crippen LogP contribution in [0.4, 0.5) is 45.5 Å². The van der Waals surface area contributed by atoms with Crippen LogP contribution >= 0.6 is 0 Å². The Balaban J connectivity index is 1.19. The average Bonchev–Trinajstić information content (AvgIpc) is 3.40. The van der Waals surface area contributed by atoms with Gasteiger partial charge in [0.05, 0.1) is 5.54 Å². The maximum absolute atomic E-state index is 2.81. The van der Waals surface area contributed by atoms with Gasteiger partial charge in [0.15, 0.2) is 0 Å². The lowest BCUT2D eigenvalue weighted by molar-refractivity contribution is 0.261. The first kappa shape index (κ1) is 39.8. The fraction of sp³-hybridized carbons (Fsp3) is 0.213. The van der Waals surface area contributed by atoms with Gasteiger partial charge in [0.2, 0.25) is 0 Å². The van der Waals surface area contributed by atoms with Gasteiger partial charge in [-0.3, -0.25) is 0 Å². The van der Waals surface area contributed by atoms with Crippen molar-refractivity contribution in [3.8, 4) is 22.3 Å². The Morgan fingerprint density at radius 3 is 1.72 bits per heavy atom. The van der Waals surface area contributed by atoms with Crippen LogP contribution in [0.5, 0.6) is 0 Å².